The molecule has 1 N–H and O–H groups in total. The van der Waals surface area contributed by atoms with Crippen molar-refractivity contribution in [1.82, 2.24) is 0 Å². The van der Waals surface area contributed by atoms with Crippen LogP contribution < -0.4 is 4.90 Å². The second-order valence-corrected chi connectivity index (χ2v) is 10.1. The maximum Gasteiger partial charge on any atom is 0.274 e. The molecule has 4 nitrogen and oxygen atoms in total. The lowest BCUT2D eigenvalue weighted by molar-refractivity contribution is -0.141. The van der Waals surface area contributed by atoms with Crippen molar-refractivity contribution in [3.63, 3.8) is 0 Å². The summed E-state index contributed by atoms with van der Waals surface area (Å²) in [5, 5.41) is 9.96. The smallest absolute Gasteiger partial charge is 0.274 e. The zero-order valence-corrected chi connectivity index (χ0v) is 21.0. The Kier molecular flexibility index (Phi) is 7.19. The first-order valence-corrected chi connectivity index (χ1v) is 12.7. The number of halogens is 3. The number of phenols is 1. The number of benzene rings is 3. The van der Waals surface area contributed by atoms with Crippen LogP contribution in [-0.2, 0) is 15.4 Å². The van der Waals surface area contributed by atoms with Gasteiger partial charge in [0.05, 0.1) is 0 Å². The van der Waals surface area contributed by atoms with E-state index in [-0.39, 0.29) is 23.5 Å². The fraction of sp³-hybridized carbons (Fsp3) is 0.400. The monoisotopic (exact) mass is 511 g/mol. The maximum absolute atomic E-state index is 15.3. The Bertz CT molecular complexity index is 1200. The minimum atomic E-state index is -3.11. The number of hydrogen-bond acceptors (Lipinski definition) is 4. The third kappa shape index (κ3) is 5.07. The molecule has 1 saturated heterocycles. The van der Waals surface area contributed by atoms with E-state index < -0.39 is 24.1 Å². The number of alkyl halides is 2. The number of aromatic hydroxyl groups is 1. The SMILES string of the molecule is COC(OC)C1CCN(c2ccc([C@@H]3c4ccc(O)cc4C(F)(F)C[C@@H]3c3ccc(F)cc3)cc2)CC1. The predicted octanol–water partition coefficient (Wildman–Crippen LogP) is 6.78. The molecular weight excluding hydrogens is 479 g/mol. The van der Waals surface area contributed by atoms with Gasteiger partial charge in [0.15, 0.2) is 6.29 Å². The Morgan fingerprint density at radius 1 is 0.892 bits per heavy atom. The van der Waals surface area contributed by atoms with E-state index in [1.165, 1.54) is 24.3 Å². The van der Waals surface area contributed by atoms with Gasteiger partial charge in [-0.1, -0.05) is 30.3 Å². The molecule has 1 heterocycles. The van der Waals surface area contributed by atoms with Crippen molar-refractivity contribution in [3.8, 4) is 5.75 Å². The molecule has 7 heteroatoms. The largest absolute Gasteiger partial charge is 0.508 e. The van der Waals surface area contributed by atoms with Gasteiger partial charge >= 0.3 is 0 Å². The predicted molar refractivity (Wildman–Crippen MR) is 137 cm³/mol. The van der Waals surface area contributed by atoms with E-state index in [2.05, 4.69) is 4.90 Å². The first kappa shape index (κ1) is 25.6. The molecule has 5 rings (SSSR count). The van der Waals surface area contributed by atoms with Gasteiger partial charge in [-0.05, 0) is 65.9 Å². The number of methoxy groups -OCH3 is 2. The molecule has 0 aromatic heterocycles. The average Bonchev–Trinajstić information content (AvgIpc) is 2.90. The van der Waals surface area contributed by atoms with Crippen LogP contribution in [0, 0.1) is 11.7 Å². The van der Waals surface area contributed by atoms with Gasteiger partial charge in [-0.15, -0.1) is 0 Å². The molecule has 2 atom stereocenters. The van der Waals surface area contributed by atoms with Crippen LogP contribution in [0.2, 0.25) is 0 Å². The number of hydrogen-bond donors (Lipinski definition) is 1. The lowest BCUT2D eigenvalue weighted by atomic mass is 9.68. The first-order chi connectivity index (χ1) is 17.8. The Morgan fingerprint density at radius 3 is 2.14 bits per heavy atom. The molecule has 1 aliphatic heterocycles. The molecule has 1 fully saturated rings. The van der Waals surface area contributed by atoms with Crippen LogP contribution in [0.1, 0.15) is 53.4 Å². The van der Waals surface area contributed by atoms with Gasteiger partial charge in [0.2, 0.25) is 0 Å². The number of piperidine rings is 1. The van der Waals surface area contributed by atoms with Gasteiger partial charge in [-0.3, -0.25) is 0 Å². The lowest BCUT2D eigenvalue weighted by Gasteiger charge is -2.39. The lowest BCUT2D eigenvalue weighted by Crippen LogP contribution is -2.39. The Balaban J connectivity index is 1.46. The molecule has 0 bridgehead atoms. The van der Waals surface area contributed by atoms with Crippen molar-refractivity contribution in [3.05, 3.63) is 94.8 Å². The van der Waals surface area contributed by atoms with Gasteiger partial charge in [0.1, 0.15) is 11.6 Å². The van der Waals surface area contributed by atoms with Crippen LogP contribution in [0.5, 0.6) is 5.75 Å². The molecule has 3 aromatic rings. The van der Waals surface area contributed by atoms with E-state index >= 15 is 8.78 Å². The van der Waals surface area contributed by atoms with Gasteiger partial charge < -0.3 is 19.5 Å². The quantitative estimate of drug-likeness (QED) is 0.371. The molecule has 0 spiro atoms. The second-order valence-electron chi connectivity index (χ2n) is 10.1. The fourth-order valence-corrected chi connectivity index (χ4v) is 6.09. The third-order valence-electron chi connectivity index (χ3n) is 7.95. The Labute approximate surface area is 215 Å². The molecule has 0 saturated carbocycles. The molecule has 0 amide bonds. The summed E-state index contributed by atoms with van der Waals surface area (Å²) >= 11 is 0. The van der Waals surface area contributed by atoms with Gasteiger partial charge in [-0.2, -0.15) is 0 Å². The number of ether oxygens (including phenoxy) is 2. The molecule has 3 aromatic carbocycles. The zero-order valence-electron chi connectivity index (χ0n) is 21.0. The summed E-state index contributed by atoms with van der Waals surface area (Å²) in [7, 11) is 3.33. The topological polar surface area (TPSA) is 41.9 Å². The van der Waals surface area contributed by atoms with Crippen molar-refractivity contribution in [2.24, 2.45) is 5.92 Å². The van der Waals surface area contributed by atoms with Crippen LogP contribution in [0.15, 0.2) is 66.7 Å². The van der Waals surface area contributed by atoms with Crippen LogP contribution >= 0.6 is 0 Å². The molecule has 0 unspecified atom stereocenters. The fourth-order valence-electron chi connectivity index (χ4n) is 6.09. The summed E-state index contributed by atoms with van der Waals surface area (Å²) < 4.78 is 55.2. The zero-order chi connectivity index (χ0) is 26.2. The van der Waals surface area contributed by atoms with E-state index in [0.717, 1.165) is 37.2 Å². The summed E-state index contributed by atoms with van der Waals surface area (Å²) in [6.45, 7) is 1.76. The molecule has 1 aliphatic carbocycles. The summed E-state index contributed by atoms with van der Waals surface area (Å²) in [6, 6.07) is 18.2. The summed E-state index contributed by atoms with van der Waals surface area (Å²) in [5.74, 6) is -4.25. The van der Waals surface area contributed by atoms with E-state index in [1.54, 1.807) is 32.4 Å². The van der Waals surface area contributed by atoms with Gasteiger partial charge in [-0.25, -0.2) is 13.2 Å². The van der Waals surface area contributed by atoms with Crippen molar-refractivity contribution in [2.75, 3.05) is 32.2 Å². The highest BCUT2D eigenvalue weighted by Gasteiger charge is 2.47. The number of fused-ring (bicyclic) bond motifs is 1. The number of rotatable bonds is 6. The minimum absolute atomic E-state index is 0.146. The van der Waals surface area contributed by atoms with Crippen LogP contribution in [0.4, 0.5) is 18.9 Å². The highest BCUT2D eigenvalue weighted by atomic mass is 19.3. The standard InChI is InChI=1S/C30H32F3NO3/c1-36-29(37-2)21-13-15-34(16-14-21)23-9-5-20(6-10-23)28-25-12-11-24(35)17-27(25)30(32,33)18-26(28)19-3-7-22(31)8-4-19/h3-12,17,21,26,28-29,35H,13-16,18H2,1-2H3/t26-,28-/m1/s1. The molecule has 196 valence electrons. The minimum Gasteiger partial charge on any atom is -0.508 e. The molecular formula is C30H32F3NO3. The summed E-state index contributed by atoms with van der Waals surface area (Å²) in [4.78, 5) is 2.32. The van der Waals surface area contributed by atoms with E-state index in [0.29, 0.717) is 17.0 Å². The number of nitrogens with zero attached hydrogens (tertiary/aromatic N) is 1. The van der Waals surface area contributed by atoms with Crippen LogP contribution in [0.25, 0.3) is 0 Å². The third-order valence-corrected chi connectivity index (χ3v) is 7.95. The van der Waals surface area contributed by atoms with Crippen molar-refractivity contribution in [2.45, 2.75) is 43.3 Å². The van der Waals surface area contributed by atoms with Crippen molar-refractivity contribution in [1.29, 1.82) is 0 Å². The maximum atomic E-state index is 15.3. The number of anilines is 1. The first-order valence-electron chi connectivity index (χ1n) is 12.7. The highest BCUT2D eigenvalue weighted by Crippen LogP contribution is 2.55. The number of phenolic OH excluding ortho intramolecular Hbond substituents is 1. The second kappa shape index (κ2) is 10.4. The Morgan fingerprint density at radius 2 is 1.51 bits per heavy atom. The van der Waals surface area contributed by atoms with Crippen molar-refractivity contribution < 1.29 is 27.8 Å². The normalized spacial score (nSPS) is 21.7. The van der Waals surface area contributed by atoms with E-state index in [9.17, 15) is 9.50 Å². The molecule has 0 radical (unpaired) electrons. The van der Waals surface area contributed by atoms with E-state index in [4.69, 9.17) is 9.47 Å². The van der Waals surface area contributed by atoms with Gasteiger partial charge in [0.25, 0.3) is 5.92 Å². The van der Waals surface area contributed by atoms with Crippen LogP contribution in [-0.4, -0.2) is 38.7 Å². The highest BCUT2D eigenvalue weighted by molar-refractivity contribution is 5.53. The molecule has 37 heavy (non-hydrogen) atoms. The van der Waals surface area contributed by atoms with Crippen LogP contribution in [0.3, 0.4) is 0 Å². The van der Waals surface area contributed by atoms with Crippen molar-refractivity contribution >= 4 is 5.69 Å². The van der Waals surface area contributed by atoms with Gasteiger partial charge in [0, 0.05) is 62.7 Å². The summed E-state index contributed by atoms with van der Waals surface area (Å²) in [5.41, 5.74) is 3.00. The summed E-state index contributed by atoms with van der Waals surface area (Å²) in [6.07, 6.45) is 1.29. The van der Waals surface area contributed by atoms with E-state index in [1.807, 2.05) is 24.3 Å². The molecule has 2 aliphatic rings. The average molecular weight is 512 g/mol. The Hall–Kier alpha value is -3.03.